The average Bonchev–Trinajstić information content (AvgIpc) is 2.15. The number of benzene rings is 1. The third-order valence-electron chi connectivity index (χ3n) is 1.95. The number of nitrogens with two attached hydrogens (primary N) is 2. The van der Waals surface area contributed by atoms with Gasteiger partial charge in [0.05, 0.1) is 0 Å². The summed E-state index contributed by atoms with van der Waals surface area (Å²) in [5, 5.41) is 0. The lowest BCUT2D eigenvalue weighted by atomic mass is 10.0. The van der Waals surface area contributed by atoms with Gasteiger partial charge < -0.3 is 11.5 Å². The standard InChI is InChI=1S/C10H16N2.ClH/c11-8-4-7-10(12)9-5-2-1-3-6-9;/h1-3,5-6,10H,4,7-8,11-12H2;1H/t10-;/m0./s1. The molecule has 2 nitrogen and oxygen atoms in total. The molecule has 1 aromatic rings. The molecule has 4 N–H and O–H groups in total. The molecule has 13 heavy (non-hydrogen) atoms. The summed E-state index contributed by atoms with van der Waals surface area (Å²) in [5.41, 5.74) is 12.5. The van der Waals surface area contributed by atoms with Gasteiger partial charge in [0.2, 0.25) is 0 Å². The van der Waals surface area contributed by atoms with Gasteiger partial charge in [0.1, 0.15) is 0 Å². The monoisotopic (exact) mass is 200 g/mol. The molecule has 1 rings (SSSR count). The lowest BCUT2D eigenvalue weighted by molar-refractivity contribution is 0.618. The van der Waals surface area contributed by atoms with Crippen molar-refractivity contribution in [2.24, 2.45) is 11.5 Å². The van der Waals surface area contributed by atoms with E-state index in [2.05, 4.69) is 12.1 Å². The summed E-state index contributed by atoms with van der Waals surface area (Å²) in [7, 11) is 0. The van der Waals surface area contributed by atoms with Gasteiger partial charge in [0, 0.05) is 6.04 Å². The normalized spacial score (nSPS) is 11.8. The van der Waals surface area contributed by atoms with Crippen molar-refractivity contribution in [3.8, 4) is 0 Å². The van der Waals surface area contributed by atoms with Gasteiger partial charge >= 0.3 is 0 Å². The molecule has 0 aromatic heterocycles. The topological polar surface area (TPSA) is 52.0 Å². The van der Waals surface area contributed by atoms with Crippen molar-refractivity contribution in [3.05, 3.63) is 35.9 Å². The largest absolute Gasteiger partial charge is 0.330 e. The second kappa shape index (κ2) is 6.89. The lowest BCUT2D eigenvalue weighted by Gasteiger charge is -2.10. The first-order valence-electron chi connectivity index (χ1n) is 4.35. The molecule has 0 fully saturated rings. The van der Waals surface area contributed by atoms with E-state index in [1.165, 1.54) is 5.56 Å². The summed E-state index contributed by atoms with van der Waals surface area (Å²) in [5.74, 6) is 0. The molecule has 0 saturated carbocycles. The molecule has 1 atom stereocenters. The minimum absolute atomic E-state index is 0. The fraction of sp³-hybridized carbons (Fsp3) is 0.400. The Balaban J connectivity index is 0.00000144. The summed E-state index contributed by atoms with van der Waals surface area (Å²) in [4.78, 5) is 0. The minimum Gasteiger partial charge on any atom is -0.330 e. The average molecular weight is 201 g/mol. The predicted octanol–water partition coefficient (Wildman–Crippen LogP) is 1.85. The van der Waals surface area contributed by atoms with E-state index in [-0.39, 0.29) is 18.4 Å². The first-order chi connectivity index (χ1) is 5.84. The predicted molar refractivity (Wildman–Crippen MR) is 58.9 cm³/mol. The maximum atomic E-state index is 5.93. The fourth-order valence-electron chi connectivity index (χ4n) is 1.20. The fourth-order valence-corrected chi connectivity index (χ4v) is 1.20. The van der Waals surface area contributed by atoms with Gasteiger partial charge in [-0.05, 0) is 24.9 Å². The van der Waals surface area contributed by atoms with Crippen LogP contribution in [0.1, 0.15) is 24.4 Å². The first kappa shape index (κ1) is 12.4. The van der Waals surface area contributed by atoms with Crippen LogP contribution in [0, 0.1) is 0 Å². The Labute approximate surface area is 85.7 Å². The number of rotatable bonds is 4. The summed E-state index contributed by atoms with van der Waals surface area (Å²) in [6.45, 7) is 0.723. The van der Waals surface area contributed by atoms with Crippen LogP contribution < -0.4 is 11.5 Å². The Bertz CT molecular complexity index is 213. The van der Waals surface area contributed by atoms with Gasteiger partial charge in [-0.25, -0.2) is 0 Å². The Morgan fingerprint density at radius 1 is 1.15 bits per heavy atom. The van der Waals surface area contributed by atoms with Gasteiger partial charge in [-0.1, -0.05) is 30.3 Å². The van der Waals surface area contributed by atoms with E-state index in [1.54, 1.807) is 0 Å². The third kappa shape index (κ3) is 4.27. The Kier molecular flexibility index (Phi) is 6.59. The molecule has 0 aliphatic heterocycles. The molecule has 3 heteroatoms. The molecule has 74 valence electrons. The minimum atomic E-state index is 0. The van der Waals surface area contributed by atoms with E-state index < -0.39 is 0 Å². The maximum absolute atomic E-state index is 5.93. The summed E-state index contributed by atoms with van der Waals surface area (Å²) in [6, 6.07) is 10.3. The Hall–Kier alpha value is -0.570. The van der Waals surface area contributed by atoms with Gasteiger partial charge in [-0.15, -0.1) is 12.4 Å². The van der Waals surface area contributed by atoms with E-state index in [9.17, 15) is 0 Å². The molecular weight excluding hydrogens is 184 g/mol. The smallest absolute Gasteiger partial charge is 0.0295 e. The van der Waals surface area contributed by atoms with Gasteiger partial charge in [0.25, 0.3) is 0 Å². The molecule has 0 radical (unpaired) electrons. The van der Waals surface area contributed by atoms with Crippen molar-refractivity contribution in [2.75, 3.05) is 6.54 Å². The van der Waals surface area contributed by atoms with E-state index in [0.717, 1.165) is 19.4 Å². The highest BCUT2D eigenvalue weighted by atomic mass is 35.5. The lowest BCUT2D eigenvalue weighted by Crippen LogP contribution is -2.12. The van der Waals surface area contributed by atoms with Crippen LogP contribution in [-0.2, 0) is 0 Å². The van der Waals surface area contributed by atoms with Crippen LogP contribution in [0.15, 0.2) is 30.3 Å². The molecule has 0 heterocycles. The number of halogens is 1. The highest BCUT2D eigenvalue weighted by molar-refractivity contribution is 5.85. The van der Waals surface area contributed by atoms with E-state index >= 15 is 0 Å². The zero-order valence-electron chi connectivity index (χ0n) is 7.65. The molecule has 0 saturated heterocycles. The van der Waals surface area contributed by atoms with Gasteiger partial charge in [0.15, 0.2) is 0 Å². The molecule has 0 unspecified atom stereocenters. The highest BCUT2D eigenvalue weighted by Gasteiger charge is 2.02. The van der Waals surface area contributed by atoms with Crippen molar-refractivity contribution in [1.29, 1.82) is 0 Å². The summed E-state index contributed by atoms with van der Waals surface area (Å²) in [6.07, 6.45) is 1.97. The summed E-state index contributed by atoms with van der Waals surface area (Å²) < 4.78 is 0. The van der Waals surface area contributed by atoms with Crippen molar-refractivity contribution in [3.63, 3.8) is 0 Å². The maximum Gasteiger partial charge on any atom is 0.0295 e. The van der Waals surface area contributed by atoms with Crippen molar-refractivity contribution < 1.29 is 0 Å². The number of hydrogen-bond donors (Lipinski definition) is 2. The van der Waals surface area contributed by atoms with Crippen molar-refractivity contribution in [1.82, 2.24) is 0 Å². The van der Waals surface area contributed by atoms with E-state index in [1.807, 2.05) is 18.2 Å². The molecule has 0 aliphatic carbocycles. The van der Waals surface area contributed by atoms with Gasteiger partial charge in [-0.2, -0.15) is 0 Å². The van der Waals surface area contributed by atoms with Crippen LogP contribution in [0.2, 0.25) is 0 Å². The zero-order valence-corrected chi connectivity index (χ0v) is 8.46. The molecule has 0 aliphatic rings. The van der Waals surface area contributed by atoms with Crippen LogP contribution >= 0.6 is 12.4 Å². The van der Waals surface area contributed by atoms with Crippen LogP contribution in [0.4, 0.5) is 0 Å². The highest BCUT2D eigenvalue weighted by Crippen LogP contribution is 2.13. The quantitative estimate of drug-likeness (QED) is 0.780. The Morgan fingerprint density at radius 2 is 1.77 bits per heavy atom. The Morgan fingerprint density at radius 3 is 2.31 bits per heavy atom. The first-order valence-corrected chi connectivity index (χ1v) is 4.35. The second-order valence-electron chi connectivity index (χ2n) is 2.95. The van der Waals surface area contributed by atoms with E-state index in [4.69, 9.17) is 11.5 Å². The zero-order chi connectivity index (χ0) is 8.81. The second-order valence-corrected chi connectivity index (χ2v) is 2.95. The molecule has 0 bridgehead atoms. The van der Waals surface area contributed by atoms with Crippen LogP contribution in [0.5, 0.6) is 0 Å². The van der Waals surface area contributed by atoms with Crippen LogP contribution in [0.3, 0.4) is 0 Å². The van der Waals surface area contributed by atoms with Gasteiger partial charge in [-0.3, -0.25) is 0 Å². The van der Waals surface area contributed by atoms with E-state index in [0.29, 0.717) is 0 Å². The third-order valence-corrected chi connectivity index (χ3v) is 1.95. The van der Waals surface area contributed by atoms with Crippen LogP contribution in [0.25, 0.3) is 0 Å². The number of hydrogen-bond acceptors (Lipinski definition) is 2. The molecule has 0 spiro atoms. The molecule has 0 amide bonds. The molecular formula is C10H17ClN2. The van der Waals surface area contributed by atoms with Crippen LogP contribution in [-0.4, -0.2) is 6.54 Å². The van der Waals surface area contributed by atoms with Crippen molar-refractivity contribution >= 4 is 12.4 Å². The SMILES string of the molecule is Cl.NCCC[C@H](N)c1ccccc1. The summed E-state index contributed by atoms with van der Waals surface area (Å²) >= 11 is 0. The molecule has 1 aromatic carbocycles. The van der Waals surface area contributed by atoms with Crippen molar-refractivity contribution in [2.45, 2.75) is 18.9 Å².